The van der Waals surface area contributed by atoms with Crippen molar-refractivity contribution in [1.82, 2.24) is 0 Å². The van der Waals surface area contributed by atoms with Crippen molar-refractivity contribution in [2.75, 3.05) is 14.2 Å². The van der Waals surface area contributed by atoms with Gasteiger partial charge in [-0.05, 0) is 334 Å². The number of benzene rings is 15. The molecule has 23 rings (SSSR count). The molecule has 8 aliphatic rings. The van der Waals surface area contributed by atoms with E-state index in [1.165, 1.54) is 111 Å². The molecule has 13 nitrogen and oxygen atoms in total. The van der Waals surface area contributed by atoms with Crippen LogP contribution < -0.4 is 67.5 Å². The second-order valence-electron chi connectivity index (χ2n) is 39.4. The molecule has 0 N–H and O–H groups in total. The topological polar surface area (TPSA) is 159 Å². The Kier molecular flexibility index (Phi) is 31.0. The smallest absolute Gasteiger partial charge is 0.497 e. The van der Waals surface area contributed by atoms with Crippen LogP contribution in [0.2, 0.25) is 0 Å². The van der Waals surface area contributed by atoms with E-state index >= 15 is 17.6 Å². The maximum atomic E-state index is 15.0. The summed E-state index contributed by atoms with van der Waals surface area (Å²) in [5.41, 5.74) is 0.696. The number of rotatable bonds is 23. The molecule has 150 heavy (non-hydrogen) atoms. The van der Waals surface area contributed by atoms with E-state index in [0.717, 1.165) is 81.7 Å². The van der Waals surface area contributed by atoms with Crippen LogP contribution >= 0.6 is 0 Å². The summed E-state index contributed by atoms with van der Waals surface area (Å²) in [5.74, 6) is -28.6. The Balaban J connectivity index is 0.000000152. The third kappa shape index (κ3) is 21.4. The van der Waals surface area contributed by atoms with Gasteiger partial charge in [-0.3, -0.25) is 0 Å². The van der Waals surface area contributed by atoms with Crippen molar-refractivity contribution < 1.29 is 159 Å². The van der Waals surface area contributed by atoms with Gasteiger partial charge in [0.1, 0.15) is 63.2 Å². The summed E-state index contributed by atoms with van der Waals surface area (Å²) in [6.45, 7) is 9.45. The maximum Gasteiger partial charge on any atom is 1.00 e. The van der Waals surface area contributed by atoms with Gasteiger partial charge in [-0.25, -0.2) is 61.1 Å². The zero-order valence-corrected chi connectivity index (χ0v) is 85.8. The summed E-state index contributed by atoms with van der Waals surface area (Å²) in [7, 11) is -3.52. The standard InChI is InChI=1S/C45H28F8O4.C43H41O5S.C30H24F8O.Na.O3S/c1-23-33(55-30-17-9-26(10-18-30)25-7-15-29(54-3)16-8-25)5-4-6-34(23)56-31-19-11-27(12-20-31)28-13-21-32(22-14-28)57-45-43(52)41(50)36(42(51)44(45)53)35-39(48)37(46)24(2)38(47)40(35)49;1-29-4-10-36(11-5-29)47-37-16-18-39(19-17-37)49(44,45)40-20-21-41(30(2)22-40)48-38-14-8-34(9-15-38)43-26-31-23-32(27-43)25-42(24-31,28-43)33-6-12-35(46-3)13-7-33;1-13-20(31)22(33)18(23(34)21(13)32)19-24(35)26(37)28(27(38)25(19)36)39-17-5-3-16(4-6-17)30-10-14-7-15(11-30)9-29(2,8-14)12-30;;1-4(2)3/h4-22H,1-3H3;4-16,18-22,31-32H,23-28H2,1-3H3;3-6,14-15H,7-12H2,1-2H3;;/q;-1;;+1;. The predicted octanol–water partition coefficient (Wildman–Crippen LogP) is 29.5. The van der Waals surface area contributed by atoms with Crippen molar-refractivity contribution in [1.29, 1.82) is 0 Å². The molecule has 0 amide bonds. The molecule has 8 bridgehead atoms. The fourth-order valence-electron chi connectivity index (χ4n) is 23.2. The SMILES string of the molecule is COc1ccc(-c2ccc(Oc3cccc(Oc4ccc(-c5ccc(Oc6c(F)c(F)c(-c7c(F)c(F)c(C)c(F)c7F)c(F)c6F)cc5)cc4)c3C)cc2)cc1.COc1ccc(C23CC4CC(C2)CC(c2ccc(Oc5ccc(S(=O)(=O)c6c[c-]c(Oc7ccc(C)cc7)cc6)cc5C)cc2)(C4)C3)cc1.Cc1c(F)c(F)c(-c2c(F)c(F)c(Oc3ccc(C45CC6CC(CC(C)(C6)C4)C5)cc3)c(F)c2F)c(F)c1F.O=S(=O)=O.[Na+]. The van der Waals surface area contributed by atoms with Gasteiger partial charge in [-0.2, -0.15) is 29.7 Å². The summed E-state index contributed by atoms with van der Waals surface area (Å²) in [5, 5.41) is 0. The van der Waals surface area contributed by atoms with E-state index in [-0.39, 0.29) is 72.5 Å². The first-order chi connectivity index (χ1) is 71.1. The van der Waals surface area contributed by atoms with Crippen LogP contribution in [-0.2, 0) is 36.7 Å². The molecular formula is C118H93F16NaO13S2. The summed E-state index contributed by atoms with van der Waals surface area (Å²) in [6.07, 6.45) is 14.5. The van der Waals surface area contributed by atoms with Crippen molar-refractivity contribution >= 4 is 20.4 Å². The van der Waals surface area contributed by atoms with E-state index in [2.05, 4.69) is 61.5 Å². The number of halogens is 16. The van der Waals surface area contributed by atoms with Gasteiger partial charge in [0.15, 0.2) is 79.6 Å². The number of methoxy groups -OCH3 is 2. The van der Waals surface area contributed by atoms with Gasteiger partial charge in [0.2, 0.25) is 34.8 Å². The molecule has 15 aromatic carbocycles. The first-order valence-electron chi connectivity index (χ1n) is 47.6. The third-order valence-electron chi connectivity index (χ3n) is 29.4. The molecule has 4 atom stereocenters. The number of sulfone groups is 1. The molecule has 0 spiro atoms. The first-order valence-corrected chi connectivity index (χ1v) is 50.1. The van der Waals surface area contributed by atoms with Crippen molar-refractivity contribution in [2.24, 2.45) is 29.1 Å². The largest absolute Gasteiger partial charge is 1.00 e. The Bertz CT molecular complexity index is 7770. The molecule has 0 radical (unpaired) electrons. The number of hydrogen-bond acceptors (Lipinski definition) is 13. The van der Waals surface area contributed by atoms with Crippen LogP contribution in [0, 0.1) is 163 Å². The molecule has 0 aromatic heterocycles. The molecule has 8 saturated carbocycles. The van der Waals surface area contributed by atoms with Gasteiger partial charge in [0, 0.05) is 22.4 Å². The van der Waals surface area contributed by atoms with E-state index in [1.807, 2.05) is 106 Å². The Hall–Kier alpha value is -13.9. The van der Waals surface area contributed by atoms with Crippen LogP contribution in [0.5, 0.6) is 80.5 Å². The summed E-state index contributed by atoms with van der Waals surface area (Å²) in [6, 6.07) is 77.6. The average molecular weight is 2110 g/mol. The van der Waals surface area contributed by atoms with Gasteiger partial charge in [-0.1, -0.05) is 116 Å². The van der Waals surface area contributed by atoms with Gasteiger partial charge < -0.3 is 37.9 Å². The predicted molar refractivity (Wildman–Crippen MR) is 526 cm³/mol. The first kappa shape index (κ1) is 107. The molecule has 8 fully saturated rings. The van der Waals surface area contributed by atoms with E-state index in [9.17, 15) is 61.1 Å². The number of ether oxygens (including phenoxy) is 8. The molecular weight excluding hydrogens is 2020 g/mol. The molecule has 8 aliphatic carbocycles. The van der Waals surface area contributed by atoms with Crippen molar-refractivity contribution in [2.45, 2.75) is 145 Å². The summed E-state index contributed by atoms with van der Waals surface area (Å²) in [4.78, 5) is 0.367. The van der Waals surface area contributed by atoms with E-state index in [0.29, 0.717) is 77.1 Å². The maximum absolute atomic E-state index is 15.0. The van der Waals surface area contributed by atoms with Gasteiger partial charge in [-0.15, -0.1) is 24.8 Å². The van der Waals surface area contributed by atoms with Gasteiger partial charge in [0.25, 0.3) is 0 Å². The molecule has 32 heteroatoms. The van der Waals surface area contributed by atoms with Gasteiger partial charge >= 0.3 is 40.2 Å². The van der Waals surface area contributed by atoms with E-state index in [4.69, 9.17) is 50.5 Å². The number of hydrogen-bond donors (Lipinski definition) is 0. The van der Waals surface area contributed by atoms with Crippen LogP contribution in [0.1, 0.15) is 128 Å². The zero-order valence-electron chi connectivity index (χ0n) is 82.1. The minimum Gasteiger partial charge on any atom is -0.497 e. The Morgan fingerprint density at radius 3 is 0.920 bits per heavy atom. The second-order valence-corrected chi connectivity index (χ2v) is 41.8. The van der Waals surface area contributed by atoms with Crippen molar-refractivity contribution in [3.8, 4) is 125 Å². The Morgan fingerprint density at radius 2 is 0.593 bits per heavy atom. The fraction of sp³-hybridized carbons (Fsp3) is 0.237. The minimum atomic E-state index is -3.75. The normalized spacial score (nSPS) is 19.3. The Labute approximate surface area is 878 Å². The molecule has 0 heterocycles. The quantitative estimate of drug-likeness (QED) is 0.0258. The van der Waals surface area contributed by atoms with E-state index in [1.54, 1.807) is 87.0 Å². The van der Waals surface area contributed by atoms with Crippen LogP contribution in [0.25, 0.3) is 44.5 Å². The Morgan fingerprint density at radius 1 is 0.307 bits per heavy atom. The molecule has 0 saturated heterocycles. The van der Waals surface area contributed by atoms with Gasteiger partial charge in [0.05, 0.1) is 41.4 Å². The third-order valence-corrected chi connectivity index (χ3v) is 31.2. The summed E-state index contributed by atoms with van der Waals surface area (Å²) >= 11 is 0. The van der Waals surface area contributed by atoms with Crippen molar-refractivity contribution in [3.05, 3.63) is 392 Å². The molecule has 4 unspecified atom stereocenters. The second kappa shape index (κ2) is 43.2. The van der Waals surface area contributed by atoms with Crippen LogP contribution in [0.15, 0.2) is 259 Å². The zero-order chi connectivity index (χ0) is 106. The summed E-state index contributed by atoms with van der Waals surface area (Å²) < 4.78 is 331. The molecule has 768 valence electrons. The average Bonchev–Trinajstić information content (AvgIpc) is 0.717. The van der Waals surface area contributed by atoms with Crippen LogP contribution in [-0.4, -0.2) is 35.3 Å². The van der Waals surface area contributed by atoms with Crippen LogP contribution in [0.3, 0.4) is 0 Å². The van der Waals surface area contributed by atoms with Crippen LogP contribution in [0.4, 0.5) is 70.2 Å². The van der Waals surface area contributed by atoms with E-state index < -0.39 is 158 Å². The van der Waals surface area contributed by atoms with Crippen molar-refractivity contribution in [3.63, 3.8) is 0 Å². The minimum absolute atomic E-state index is 0. The fourth-order valence-corrected chi connectivity index (χ4v) is 24.5. The number of aryl methyl sites for hydroxylation is 2. The monoisotopic (exact) mass is 2110 g/mol. The molecule has 0 aliphatic heterocycles. The molecule has 15 aromatic rings.